The van der Waals surface area contributed by atoms with Gasteiger partial charge in [-0.05, 0) is 29.8 Å². The number of pyridine rings is 1. The lowest BCUT2D eigenvalue weighted by Crippen LogP contribution is -2.10. The molecule has 1 aromatic heterocycles. The van der Waals surface area contributed by atoms with E-state index < -0.39 is 5.82 Å². The van der Waals surface area contributed by atoms with Gasteiger partial charge in [-0.2, -0.15) is 0 Å². The lowest BCUT2D eigenvalue weighted by Gasteiger charge is -2.10. The van der Waals surface area contributed by atoms with Gasteiger partial charge in [-0.3, -0.25) is 0 Å². The molecule has 0 spiro atoms. The summed E-state index contributed by atoms with van der Waals surface area (Å²) in [6.45, 7) is 0. The first-order chi connectivity index (χ1) is 9.69. The van der Waals surface area contributed by atoms with Crippen LogP contribution in [0.3, 0.4) is 0 Å². The van der Waals surface area contributed by atoms with Crippen LogP contribution >= 0.6 is 0 Å². The second-order valence-corrected chi connectivity index (χ2v) is 4.35. The fourth-order valence-electron chi connectivity index (χ4n) is 2.12. The van der Waals surface area contributed by atoms with Crippen LogP contribution in [-0.2, 0) is 0 Å². The number of hydrogen-bond acceptors (Lipinski definition) is 3. The highest BCUT2D eigenvalue weighted by atomic mass is 19.1. The summed E-state index contributed by atoms with van der Waals surface area (Å²) in [5.74, 6) is 5.06. The van der Waals surface area contributed by atoms with E-state index in [1.807, 2.05) is 0 Å². The molecule has 0 fully saturated rings. The van der Waals surface area contributed by atoms with Gasteiger partial charge >= 0.3 is 0 Å². The summed E-state index contributed by atoms with van der Waals surface area (Å²) in [5, 5.41) is 0.656. The Morgan fingerprint density at radius 2 is 1.75 bits per heavy atom. The summed E-state index contributed by atoms with van der Waals surface area (Å²) in [7, 11) is 0. The maximum absolute atomic E-state index is 13.7. The summed E-state index contributed by atoms with van der Waals surface area (Å²) in [4.78, 5) is 4.19. The quantitative estimate of drug-likeness (QED) is 0.554. The SMILES string of the molecule is NNc1nc2c(F)cccc2cc1-c1ccc(F)cc1. The standard InChI is InChI=1S/C15H11F2N3/c16-11-6-4-9(5-7-11)12-8-10-2-1-3-13(17)14(10)19-15(12)20-18/h1-8H,18H2,(H,19,20). The van der Waals surface area contributed by atoms with Gasteiger partial charge in [-0.15, -0.1) is 0 Å². The van der Waals surface area contributed by atoms with Gasteiger partial charge in [0.05, 0.1) is 0 Å². The van der Waals surface area contributed by atoms with E-state index in [1.165, 1.54) is 18.2 Å². The maximum atomic E-state index is 13.7. The molecule has 0 aliphatic carbocycles. The smallest absolute Gasteiger partial charge is 0.149 e. The Balaban J connectivity index is 2.26. The fourth-order valence-corrected chi connectivity index (χ4v) is 2.12. The Morgan fingerprint density at radius 1 is 1.00 bits per heavy atom. The molecule has 0 aliphatic rings. The van der Waals surface area contributed by atoms with E-state index in [0.717, 1.165) is 5.56 Å². The second kappa shape index (κ2) is 4.86. The van der Waals surface area contributed by atoms with Gasteiger partial charge < -0.3 is 5.43 Å². The third-order valence-corrected chi connectivity index (χ3v) is 3.09. The minimum absolute atomic E-state index is 0.242. The van der Waals surface area contributed by atoms with Crippen molar-refractivity contribution in [3.05, 3.63) is 60.2 Å². The molecular weight excluding hydrogens is 260 g/mol. The van der Waals surface area contributed by atoms with Gasteiger partial charge in [0, 0.05) is 10.9 Å². The number of benzene rings is 2. The Morgan fingerprint density at radius 3 is 2.45 bits per heavy atom. The molecule has 20 heavy (non-hydrogen) atoms. The molecule has 0 amide bonds. The predicted molar refractivity (Wildman–Crippen MR) is 74.9 cm³/mol. The molecule has 3 nitrogen and oxygen atoms in total. The number of para-hydroxylation sites is 1. The Hall–Kier alpha value is -2.53. The van der Waals surface area contributed by atoms with Crippen LogP contribution in [0.15, 0.2) is 48.5 Å². The number of aromatic nitrogens is 1. The third kappa shape index (κ3) is 2.08. The Bertz CT molecular complexity index is 770. The van der Waals surface area contributed by atoms with Gasteiger partial charge in [0.25, 0.3) is 0 Å². The van der Waals surface area contributed by atoms with Crippen molar-refractivity contribution in [1.29, 1.82) is 0 Å². The predicted octanol–water partition coefficient (Wildman–Crippen LogP) is 3.47. The van der Waals surface area contributed by atoms with Crippen LogP contribution in [0.5, 0.6) is 0 Å². The topological polar surface area (TPSA) is 50.9 Å². The summed E-state index contributed by atoms with van der Waals surface area (Å²) in [6, 6.07) is 12.4. The Kier molecular flexibility index (Phi) is 3.04. The molecule has 5 heteroatoms. The van der Waals surface area contributed by atoms with E-state index in [4.69, 9.17) is 5.84 Å². The number of hydrogen-bond donors (Lipinski definition) is 2. The highest BCUT2D eigenvalue weighted by molar-refractivity contribution is 5.89. The highest BCUT2D eigenvalue weighted by Crippen LogP contribution is 2.30. The largest absolute Gasteiger partial charge is 0.308 e. The number of hydrazine groups is 1. The summed E-state index contributed by atoms with van der Waals surface area (Å²) in [6.07, 6.45) is 0. The van der Waals surface area contributed by atoms with Crippen molar-refractivity contribution in [3.8, 4) is 11.1 Å². The molecule has 1 heterocycles. The van der Waals surface area contributed by atoms with Crippen LogP contribution in [0.4, 0.5) is 14.6 Å². The molecule has 0 unspecified atom stereocenters. The number of nitrogen functional groups attached to an aromatic ring is 1. The Labute approximate surface area is 114 Å². The molecule has 0 aliphatic heterocycles. The van der Waals surface area contributed by atoms with Crippen molar-refractivity contribution < 1.29 is 8.78 Å². The van der Waals surface area contributed by atoms with E-state index in [1.54, 1.807) is 30.3 Å². The minimum Gasteiger partial charge on any atom is -0.308 e. The maximum Gasteiger partial charge on any atom is 0.149 e. The number of fused-ring (bicyclic) bond motifs is 1. The molecule has 2 aromatic carbocycles. The molecule has 0 atom stereocenters. The molecule has 3 N–H and O–H groups in total. The fraction of sp³-hybridized carbons (Fsp3) is 0. The van der Waals surface area contributed by atoms with Crippen LogP contribution in [-0.4, -0.2) is 4.98 Å². The van der Waals surface area contributed by atoms with Crippen molar-refractivity contribution in [3.63, 3.8) is 0 Å². The van der Waals surface area contributed by atoms with E-state index in [0.29, 0.717) is 16.8 Å². The van der Waals surface area contributed by atoms with Crippen LogP contribution < -0.4 is 11.3 Å². The lowest BCUT2D eigenvalue weighted by atomic mass is 10.0. The number of nitrogens with zero attached hydrogens (tertiary/aromatic N) is 1. The molecule has 3 rings (SSSR count). The van der Waals surface area contributed by atoms with E-state index in [-0.39, 0.29) is 11.3 Å². The normalized spacial score (nSPS) is 10.8. The molecule has 0 saturated heterocycles. The first-order valence-electron chi connectivity index (χ1n) is 6.01. The van der Waals surface area contributed by atoms with Crippen molar-refractivity contribution in [2.75, 3.05) is 5.43 Å². The third-order valence-electron chi connectivity index (χ3n) is 3.09. The van der Waals surface area contributed by atoms with Crippen LogP contribution in [0.2, 0.25) is 0 Å². The van der Waals surface area contributed by atoms with Crippen molar-refractivity contribution >= 4 is 16.7 Å². The van der Waals surface area contributed by atoms with Crippen LogP contribution in [0.25, 0.3) is 22.0 Å². The molecule has 0 saturated carbocycles. The zero-order chi connectivity index (χ0) is 14.1. The summed E-state index contributed by atoms with van der Waals surface area (Å²) < 4.78 is 26.7. The number of nitrogens with one attached hydrogen (secondary N) is 1. The van der Waals surface area contributed by atoms with E-state index >= 15 is 0 Å². The molecule has 0 bridgehead atoms. The monoisotopic (exact) mass is 271 g/mol. The minimum atomic E-state index is -0.412. The van der Waals surface area contributed by atoms with Crippen molar-refractivity contribution in [2.24, 2.45) is 5.84 Å². The first-order valence-corrected chi connectivity index (χ1v) is 6.01. The van der Waals surface area contributed by atoms with Crippen molar-refractivity contribution in [2.45, 2.75) is 0 Å². The average molecular weight is 271 g/mol. The number of halogens is 2. The molecule has 0 radical (unpaired) electrons. The van der Waals surface area contributed by atoms with E-state index in [2.05, 4.69) is 10.4 Å². The van der Waals surface area contributed by atoms with Gasteiger partial charge in [0.2, 0.25) is 0 Å². The average Bonchev–Trinajstić information content (AvgIpc) is 2.47. The number of nitrogens with two attached hydrogens (primary N) is 1. The van der Waals surface area contributed by atoms with Crippen LogP contribution in [0.1, 0.15) is 0 Å². The highest BCUT2D eigenvalue weighted by Gasteiger charge is 2.10. The van der Waals surface area contributed by atoms with Gasteiger partial charge in [-0.1, -0.05) is 24.3 Å². The molecular formula is C15H11F2N3. The van der Waals surface area contributed by atoms with Gasteiger partial charge in [-0.25, -0.2) is 19.6 Å². The summed E-state index contributed by atoms with van der Waals surface area (Å²) >= 11 is 0. The molecule has 3 aromatic rings. The zero-order valence-electron chi connectivity index (χ0n) is 10.4. The van der Waals surface area contributed by atoms with Crippen molar-refractivity contribution in [1.82, 2.24) is 4.98 Å². The van der Waals surface area contributed by atoms with Crippen LogP contribution in [0, 0.1) is 11.6 Å². The lowest BCUT2D eigenvalue weighted by molar-refractivity contribution is 0.628. The number of anilines is 1. The van der Waals surface area contributed by atoms with E-state index in [9.17, 15) is 8.78 Å². The zero-order valence-corrected chi connectivity index (χ0v) is 10.4. The molecule has 100 valence electrons. The first kappa shape index (κ1) is 12.5. The summed E-state index contributed by atoms with van der Waals surface area (Å²) in [5.41, 5.74) is 4.13. The second-order valence-electron chi connectivity index (χ2n) is 4.35. The van der Waals surface area contributed by atoms with Gasteiger partial charge in [0.1, 0.15) is 23.0 Å². The number of rotatable bonds is 2. The van der Waals surface area contributed by atoms with Gasteiger partial charge in [0.15, 0.2) is 0 Å².